The molecule has 4 heterocycles. The number of piperidine rings is 1. The van der Waals surface area contributed by atoms with Gasteiger partial charge in [-0.15, -0.1) is 11.3 Å². The number of carboxylic acids is 1. The van der Waals surface area contributed by atoms with Gasteiger partial charge in [-0.1, -0.05) is 25.1 Å². The molecule has 8 nitrogen and oxygen atoms in total. The monoisotopic (exact) mass is 569 g/mol. The molecule has 2 fully saturated rings. The lowest BCUT2D eigenvalue weighted by Crippen LogP contribution is -2.36. The Morgan fingerprint density at radius 1 is 1.13 bits per heavy atom. The molecule has 1 N–H and O–H groups in total. The van der Waals surface area contributed by atoms with Gasteiger partial charge in [-0.25, -0.2) is 15.0 Å². The molecule has 208 valence electrons. The maximum absolute atomic E-state index is 13.1. The minimum atomic E-state index is -0.744. The first-order valence-electron chi connectivity index (χ1n) is 13.1. The van der Waals surface area contributed by atoms with Crippen molar-refractivity contribution in [2.24, 2.45) is 5.92 Å². The van der Waals surface area contributed by atoms with Gasteiger partial charge < -0.3 is 10.0 Å². The predicted octanol–water partition coefficient (Wildman–Crippen LogP) is 5.91. The van der Waals surface area contributed by atoms with Crippen molar-refractivity contribution in [3.8, 4) is 11.3 Å². The Balaban J connectivity index is 0.00000353. The van der Waals surface area contributed by atoms with Gasteiger partial charge in [-0.2, -0.15) is 0 Å². The standard InChI is InChI=1S/C28H32ClN5O3S.CH4/c1-17-12-20(5-6-21(17)29)27-24(16-34-9-3-4-18(34)2)38-26(32-27)13-23(35)22-14-31-25(15-30-22)33-10-7-19(8-11-33)28(36)37;/h5-6,12,14-15,18-19H,3-4,7-11,13,16H2,1-2H3,(H,36,37);1H4/t18-;/m1./s1. The van der Waals surface area contributed by atoms with E-state index < -0.39 is 5.97 Å². The number of Topliss-reactive ketones (excluding diaryl/α,β-unsaturated/α-hetero) is 1. The molecular formula is C29H36ClN5O3S. The summed E-state index contributed by atoms with van der Waals surface area (Å²) >= 11 is 7.87. The van der Waals surface area contributed by atoms with Crippen LogP contribution in [0.3, 0.4) is 0 Å². The molecule has 0 spiro atoms. The lowest BCUT2D eigenvalue weighted by molar-refractivity contribution is -0.142. The molecule has 2 aliphatic heterocycles. The van der Waals surface area contributed by atoms with Crippen LogP contribution >= 0.6 is 22.9 Å². The smallest absolute Gasteiger partial charge is 0.306 e. The second-order valence-corrected chi connectivity index (χ2v) is 11.8. The number of nitrogens with zero attached hydrogens (tertiary/aromatic N) is 5. The molecule has 10 heteroatoms. The van der Waals surface area contributed by atoms with Crippen molar-refractivity contribution in [1.82, 2.24) is 19.9 Å². The van der Waals surface area contributed by atoms with Crippen molar-refractivity contribution in [2.75, 3.05) is 24.5 Å². The molecule has 0 bridgehead atoms. The third-order valence-corrected chi connectivity index (χ3v) is 9.08. The van der Waals surface area contributed by atoms with Crippen molar-refractivity contribution in [3.63, 3.8) is 0 Å². The maximum atomic E-state index is 13.1. The first kappa shape index (κ1) is 29.1. The Morgan fingerprint density at radius 2 is 1.90 bits per heavy atom. The molecule has 2 aromatic heterocycles. The Kier molecular flexibility index (Phi) is 9.35. The summed E-state index contributed by atoms with van der Waals surface area (Å²) in [7, 11) is 0. The van der Waals surface area contributed by atoms with Crippen LogP contribution in [-0.2, 0) is 17.8 Å². The van der Waals surface area contributed by atoms with Gasteiger partial charge in [-0.3, -0.25) is 14.5 Å². The summed E-state index contributed by atoms with van der Waals surface area (Å²) in [4.78, 5) is 43.8. The predicted molar refractivity (Wildman–Crippen MR) is 156 cm³/mol. The fourth-order valence-corrected chi connectivity index (χ4v) is 6.46. The molecule has 2 saturated heterocycles. The molecule has 39 heavy (non-hydrogen) atoms. The molecule has 1 aromatic carbocycles. The largest absolute Gasteiger partial charge is 0.481 e. The molecule has 0 saturated carbocycles. The number of aliphatic carboxylic acids is 1. The molecule has 0 radical (unpaired) electrons. The van der Waals surface area contributed by atoms with Gasteiger partial charge in [0, 0.05) is 41.1 Å². The Bertz CT molecular complexity index is 1320. The normalized spacial score (nSPS) is 18.2. The van der Waals surface area contributed by atoms with Crippen molar-refractivity contribution in [2.45, 2.75) is 66.0 Å². The topological polar surface area (TPSA) is 99.5 Å². The first-order chi connectivity index (χ1) is 18.3. The quantitative estimate of drug-likeness (QED) is 0.334. The number of carbonyl (C=O) groups excluding carboxylic acids is 1. The number of carboxylic acid groups (broad SMARTS) is 1. The van der Waals surface area contributed by atoms with Gasteiger partial charge in [0.1, 0.15) is 16.5 Å². The number of rotatable bonds is 8. The maximum Gasteiger partial charge on any atom is 0.306 e. The summed E-state index contributed by atoms with van der Waals surface area (Å²) in [5, 5.41) is 10.7. The minimum absolute atomic E-state index is 0. The Morgan fingerprint density at radius 3 is 2.51 bits per heavy atom. The Labute approximate surface area is 239 Å². The summed E-state index contributed by atoms with van der Waals surface area (Å²) in [5.41, 5.74) is 3.24. The minimum Gasteiger partial charge on any atom is -0.481 e. The summed E-state index contributed by atoms with van der Waals surface area (Å²) in [6.45, 7) is 7.37. The van der Waals surface area contributed by atoms with Gasteiger partial charge in [0.15, 0.2) is 5.78 Å². The fourth-order valence-electron chi connectivity index (χ4n) is 5.22. The highest BCUT2D eigenvalue weighted by Gasteiger charge is 2.26. The van der Waals surface area contributed by atoms with Gasteiger partial charge in [0.05, 0.1) is 30.4 Å². The SMILES string of the molecule is C.Cc1cc(-c2nc(CC(=O)c3cnc(N4CCC(C(=O)O)CC4)cn3)sc2CN2CCC[C@H]2C)ccc1Cl. The second-order valence-electron chi connectivity index (χ2n) is 10.3. The van der Waals surface area contributed by atoms with Crippen LogP contribution in [0.4, 0.5) is 5.82 Å². The Hall–Kier alpha value is -2.88. The number of benzene rings is 1. The first-order valence-corrected chi connectivity index (χ1v) is 14.3. The molecule has 3 aromatic rings. The zero-order chi connectivity index (χ0) is 26.8. The van der Waals surface area contributed by atoms with Gasteiger partial charge in [-0.05, 0) is 63.8 Å². The molecule has 0 aliphatic carbocycles. The number of thiazole rings is 1. The zero-order valence-corrected chi connectivity index (χ0v) is 23.3. The summed E-state index contributed by atoms with van der Waals surface area (Å²) in [6.07, 6.45) is 6.85. The lowest BCUT2D eigenvalue weighted by atomic mass is 9.97. The van der Waals surface area contributed by atoms with E-state index in [1.165, 1.54) is 19.0 Å². The van der Waals surface area contributed by atoms with Crippen LogP contribution in [0.1, 0.15) is 66.0 Å². The number of hydrogen-bond donors (Lipinski definition) is 1. The van der Waals surface area contributed by atoms with Crippen LogP contribution in [0.2, 0.25) is 5.02 Å². The van der Waals surface area contributed by atoms with Crippen LogP contribution in [0.5, 0.6) is 0 Å². The van der Waals surface area contributed by atoms with Crippen molar-refractivity contribution in [1.29, 1.82) is 0 Å². The van der Waals surface area contributed by atoms with E-state index in [9.17, 15) is 14.7 Å². The number of aryl methyl sites for hydroxylation is 1. The summed E-state index contributed by atoms with van der Waals surface area (Å²) < 4.78 is 0. The fraction of sp³-hybridized carbons (Fsp3) is 0.483. The van der Waals surface area contributed by atoms with Crippen molar-refractivity contribution >= 4 is 40.5 Å². The van der Waals surface area contributed by atoms with E-state index in [1.54, 1.807) is 17.5 Å². The molecular weight excluding hydrogens is 534 g/mol. The average molecular weight is 570 g/mol. The molecule has 0 amide bonds. The van der Waals surface area contributed by atoms with Crippen LogP contribution in [-0.4, -0.2) is 62.4 Å². The summed E-state index contributed by atoms with van der Waals surface area (Å²) in [5.74, 6) is -0.505. The van der Waals surface area contributed by atoms with E-state index in [4.69, 9.17) is 16.6 Å². The van der Waals surface area contributed by atoms with Gasteiger partial charge >= 0.3 is 5.97 Å². The highest BCUT2D eigenvalue weighted by molar-refractivity contribution is 7.12. The number of ketones is 1. The van der Waals surface area contributed by atoms with E-state index in [0.717, 1.165) is 44.8 Å². The second kappa shape index (κ2) is 12.5. The third-order valence-electron chi connectivity index (χ3n) is 7.61. The number of aromatic nitrogens is 3. The zero-order valence-electron chi connectivity index (χ0n) is 21.7. The lowest BCUT2D eigenvalue weighted by Gasteiger charge is -2.30. The number of carbonyl (C=O) groups is 2. The molecule has 0 unspecified atom stereocenters. The molecule has 2 aliphatic rings. The molecule has 5 rings (SSSR count). The van der Waals surface area contributed by atoms with E-state index in [-0.39, 0.29) is 25.5 Å². The third kappa shape index (κ3) is 6.65. The highest BCUT2D eigenvalue weighted by atomic mass is 35.5. The molecule has 1 atom stereocenters. The van der Waals surface area contributed by atoms with Crippen LogP contribution in [0, 0.1) is 12.8 Å². The van der Waals surface area contributed by atoms with Crippen LogP contribution in [0.15, 0.2) is 30.6 Å². The van der Waals surface area contributed by atoms with Crippen LogP contribution < -0.4 is 4.90 Å². The number of anilines is 1. The van der Waals surface area contributed by atoms with E-state index >= 15 is 0 Å². The van der Waals surface area contributed by atoms with Gasteiger partial charge in [0.25, 0.3) is 0 Å². The van der Waals surface area contributed by atoms with Crippen molar-refractivity contribution in [3.05, 3.63) is 56.8 Å². The average Bonchev–Trinajstić information content (AvgIpc) is 3.51. The van der Waals surface area contributed by atoms with E-state index in [2.05, 4.69) is 27.9 Å². The number of likely N-dealkylation sites (tertiary alicyclic amines) is 1. The van der Waals surface area contributed by atoms with Gasteiger partial charge in [0.2, 0.25) is 0 Å². The van der Waals surface area contributed by atoms with E-state index in [1.807, 2.05) is 24.0 Å². The number of hydrogen-bond acceptors (Lipinski definition) is 8. The van der Waals surface area contributed by atoms with E-state index in [0.29, 0.717) is 43.5 Å². The van der Waals surface area contributed by atoms with Crippen molar-refractivity contribution < 1.29 is 14.7 Å². The summed E-state index contributed by atoms with van der Waals surface area (Å²) in [6, 6.07) is 6.49. The van der Waals surface area contributed by atoms with Crippen LogP contribution in [0.25, 0.3) is 11.3 Å². The number of halogens is 1. The highest BCUT2D eigenvalue weighted by Crippen LogP contribution is 2.34.